The molecule has 0 rings (SSSR count). The fraction of sp³-hybridized carbons (Fsp3) is 0. The molecule has 7 nitrogen and oxygen atoms in total. The van der Waals surface area contributed by atoms with Crippen molar-refractivity contribution in [2.24, 2.45) is 0 Å². The molecule has 0 radical (unpaired) electrons. The van der Waals surface area contributed by atoms with Gasteiger partial charge in [0, 0.05) is 17.1 Å². The molecule has 66 valence electrons. The van der Waals surface area contributed by atoms with Gasteiger partial charge in [-0.15, -0.1) is 0 Å². The van der Waals surface area contributed by atoms with E-state index >= 15 is 0 Å². The predicted molar refractivity (Wildman–Crippen MR) is 25.8 cm³/mol. The maximum absolute atomic E-state index is 9.84. The van der Waals surface area contributed by atoms with Crippen molar-refractivity contribution in [3.8, 4) is 0 Å². The first-order valence-electron chi connectivity index (χ1n) is 1.85. The molecule has 3 N–H and O–H groups in total. The van der Waals surface area contributed by atoms with Gasteiger partial charge in [-0.05, 0) is 0 Å². The van der Waals surface area contributed by atoms with Gasteiger partial charge in [0.15, 0.2) is 0 Å². The van der Waals surface area contributed by atoms with Gasteiger partial charge in [0.05, 0.1) is 0 Å². The Balaban J connectivity index is 0. The van der Waals surface area contributed by atoms with Gasteiger partial charge in [0.25, 0.3) is 0 Å². The summed E-state index contributed by atoms with van der Waals surface area (Å²) < 4.78 is 12.9. The monoisotopic (exact) mass is 226 g/mol. The molecule has 0 aromatic carbocycles. The average molecular weight is 226 g/mol. The Morgan fingerprint density at radius 1 is 1.27 bits per heavy atom. The van der Waals surface area contributed by atoms with Crippen LogP contribution < -0.4 is 0 Å². The summed E-state index contributed by atoms with van der Waals surface area (Å²) in [4.78, 5) is 35.1. The molecule has 0 unspecified atom stereocenters. The summed E-state index contributed by atoms with van der Waals surface area (Å²) >= 11 is 0. The molecule has 0 aliphatic rings. The molecule has 0 atom stereocenters. The molecule has 0 saturated heterocycles. The fourth-order valence-corrected chi connectivity index (χ4v) is 0.441. The Labute approximate surface area is 71.1 Å². The minimum absolute atomic E-state index is 0. The number of phosphoric acid groups is 1. The Hall–Kier alpha value is -0.391. The smallest absolute Gasteiger partial charge is 0.473 e. The van der Waals surface area contributed by atoms with E-state index in [2.05, 4.69) is 4.52 Å². The number of aliphatic carboxylic acids is 1. The van der Waals surface area contributed by atoms with Gasteiger partial charge in [0.1, 0.15) is 0 Å². The zero-order chi connectivity index (χ0) is 8.36. The van der Waals surface area contributed by atoms with E-state index in [1.165, 1.54) is 0 Å². The van der Waals surface area contributed by atoms with Crippen LogP contribution in [0.3, 0.4) is 0 Å². The number of carboxylic acids is 1. The first-order valence-corrected chi connectivity index (χ1v) is 3.38. The van der Waals surface area contributed by atoms with Crippen molar-refractivity contribution in [1.29, 1.82) is 0 Å². The molecule has 0 saturated carbocycles. The van der Waals surface area contributed by atoms with Crippen molar-refractivity contribution < 1.29 is 50.6 Å². The molecule has 9 heteroatoms. The van der Waals surface area contributed by atoms with Crippen LogP contribution in [-0.2, 0) is 35.7 Å². The van der Waals surface area contributed by atoms with Gasteiger partial charge < -0.3 is 9.63 Å². The fourth-order valence-electron chi connectivity index (χ4n) is 0.147. The van der Waals surface area contributed by atoms with Gasteiger partial charge in [-0.1, -0.05) is 0 Å². The van der Waals surface area contributed by atoms with Crippen LogP contribution in [0.2, 0.25) is 0 Å². The van der Waals surface area contributed by atoms with Crippen molar-refractivity contribution in [3.63, 3.8) is 0 Å². The molecule has 0 spiro atoms. The van der Waals surface area contributed by atoms with Crippen molar-refractivity contribution >= 4 is 19.8 Å². The zero-order valence-electron chi connectivity index (χ0n) is 4.78. The quantitative estimate of drug-likeness (QED) is 0.288. The van der Waals surface area contributed by atoms with E-state index in [1.807, 2.05) is 0 Å². The third-order valence-corrected chi connectivity index (χ3v) is 0.780. The van der Waals surface area contributed by atoms with Crippen molar-refractivity contribution in [2.45, 2.75) is 0 Å². The van der Waals surface area contributed by atoms with E-state index in [-0.39, 0.29) is 17.1 Å². The van der Waals surface area contributed by atoms with Crippen molar-refractivity contribution in [3.05, 3.63) is 0 Å². The molecule has 0 aliphatic carbocycles. The maximum atomic E-state index is 9.84. The number of hydrogen-bond acceptors (Lipinski definition) is 4. The summed E-state index contributed by atoms with van der Waals surface area (Å²) in [6.45, 7) is 0. The van der Waals surface area contributed by atoms with Crippen molar-refractivity contribution in [2.75, 3.05) is 0 Å². The van der Waals surface area contributed by atoms with Crippen LogP contribution in [0.5, 0.6) is 0 Å². The minimum Gasteiger partial charge on any atom is -0.473 e. The van der Waals surface area contributed by atoms with Crippen LogP contribution in [0.4, 0.5) is 0 Å². The minimum atomic E-state index is -5.01. The normalized spacial score (nSPS) is 9.64. The second kappa shape index (κ2) is 4.48. The third-order valence-electron chi connectivity index (χ3n) is 0.376. The molecular formula is C2H3FeO7P. The number of carboxylic acid groups (broad SMARTS) is 1. The van der Waals surface area contributed by atoms with Crippen LogP contribution >= 0.6 is 7.82 Å². The van der Waals surface area contributed by atoms with E-state index in [1.54, 1.807) is 0 Å². The summed E-state index contributed by atoms with van der Waals surface area (Å²) in [5.74, 6) is -4.03. The predicted octanol–water partition coefficient (Wildman–Crippen LogP) is -1.30. The molecule has 11 heavy (non-hydrogen) atoms. The van der Waals surface area contributed by atoms with Gasteiger partial charge >= 0.3 is 19.8 Å². The molecule has 0 aliphatic heterocycles. The van der Waals surface area contributed by atoms with Crippen LogP contribution in [0.15, 0.2) is 0 Å². The first-order chi connectivity index (χ1) is 4.33. The zero-order valence-corrected chi connectivity index (χ0v) is 6.77. The standard InChI is InChI=1S/C2H3O7P.Fe/c3-1(4)2(5)9-10(6,7)8;/h(H,3,4)(H2,6,7,8);. The maximum Gasteiger partial charge on any atom is 0.527 e. The van der Waals surface area contributed by atoms with E-state index < -0.39 is 19.8 Å². The molecule has 0 heterocycles. The number of rotatable bonds is 1. The Morgan fingerprint density at radius 3 is 1.73 bits per heavy atom. The SMILES string of the molecule is O=C(O)C(=O)OP(=O)(O)O.[Fe]. The summed E-state index contributed by atoms with van der Waals surface area (Å²) in [6, 6.07) is 0. The van der Waals surface area contributed by atoms with E-state index in [4.69, 9.17) is 14.9 Å². The topological polar surface area (TPSA) is 121 Å². The van der Waals surface area contributed by atoms with Crippen LogP contribution in [0.1, 0.15) is 0 Å². The average Bonchev–Trinajstić information content (AvgIpc) is 1.60. The van der Waals surface area contributed by atoms with E-state index in [0.29, 0.717) is 0 Å². The second-order valence-corrected chi connectivity index (χ2v) is 2.34. The summed E-state index contributed by atoms with van der Waals surface area (Å²) in [5, 5.41) is 7.73. The van der Waals surface area contributed by atoms with Gasteiger partial charge in [0.2, 0.25) is 0 Å². The van der Waals surface area contributed by atoms with Gasteiger partial charge in [-0.3, -0.25) is 9.79 Å². The van der Waals surface area contributed by atoms with Crippen molar-refractivity contribution in [1.82, 2.24) is 0 Å². The van der Waals surface area contributed by atoms with Gasteiger partial charge in [-0.25, -0.2) is 14.2 Å². The summed E-state index contributed by atoms with van der Waals surface area (Å²) in [7, 11) is -5.01. The number of phosphoric ester groups is 1. The largest absolute Gasteiger partial charge is 0.527 e. The Kier molecular flexibility index (Phi) is 5.38. The van der Waals surface area contributed by atoms with Crippen LogP contribution in [0, 0.1) is 0 Å². The first kappa shape index (κ1) is 13.2. The molecule has 0 aromatic rings. The summed E-state index contributed by atoms with van der Waals surface area (Å²) in [5.41, 5.74) is 0. The molecular weight excluding hydrogens is 223 g/mol. The van der Waals surface area contributed by atoms with E-state index in [9.17, 15) is 14.2 Å². The Bertz CT molecular complexity index is 204. The molecule has 0 bridgehead atoms. The second-order valence-electron chi connectivity index (χ2n) is 1.17. The molecule has 0 amide bonds. The molecule has 0 fully saturated rings. The number of carbonyl (C=O) groups is 2. The number of hydrogen-bond donors (Lipinski definition) is 3. The van der Waals surface area contributed by atoms with Crippen LogP contribution in [0.25, 0.3) is 0 Å². The van der Waals surface area contributed by atoms with Gasteiger partial charge in [-0.2, -0.15) is 0 Å². The third kappa shape index (κ3) is 7.51. The van der Waals surface area contributed by atoms with E-state index in [0.717, 1.165) is 0 Å². The molecule has 0 aromatic heterocycles. The summed E-state index contributed by atoms with van der Waals surface area (Å²) in [6.07, 6.45) is 0. The van der Waals surface area contributed by atoms with Crippen LogP contribution in [-0.4, -0.2) is 26.8 Å². The Morgan fingerprint density at radius 2 is 1.64 bits per heavy atom. The number of carbonyl (C=O) groups excluding carboxylic acids is 1.